The highest BCUT2D eigenvalue weighted by Crippen LogP contribution is 2.24. The van der Waals surface area contributed by atoms with Gasteiger partial charge in [-0.1, -0.05) is 6.42 Å². The topological polar surface area (TPSA) is 27.8 Å². The van der Waals surface area contributed by atoms with Crippen molar-refractivity contribution in [1.29, 1.82) is 0 Å². The Balaban J connectivity index is 1.62. The summed E-state index contributed by atoms with van der Waals surface area (Å²) >= 11 is 2.13. The van der Waals surface area contributed by atoms with E-state index in [-0.39, 0.29) is 0 Å². The summed E-state index contributed by atoms with van der Waals surface area (Å²) in [5.41, 5.74) is 1.28. The second-order valence-corrected chi connectivity index (χ2v) is 5.22. The first-order valence-electron chi connectivity index (χ1n) is 5.40. The van der Waals surface area contributed by atoms with Gasteiger partial charge in [0.25, 0.3) is 0 Å². The molecular weight excluding hydrogens is 192 g/mol. The maximum absolute atomic E-state index is 3.51. The van der Waals surface area contributed by atoms with Crippen LogP contribution in [-0.2, 0) is 6.54 Å². The molecule has 2 N–H and O–H groups in total. The van der Waals surface area contributed by atoms with Gasteiger partial charge in [-0.25, -0.2) is 0 Å². The van der Waals surface area contributed by atoms with Crippen molar-refractivity contribution in [2.45, 2.75) is 31.1 Å². The van der Waals surface area contributed by atoms with Gasteiger partial charge in [0.2, 0.25) is 0 Å². The lowest BCUT2D eigenvalue weighted by Gasteiger charge is -2.21. The number of H-pyrrole nitrogens is 1. The van der Waals surface area contributed by atoms with E-state index in [1.807, 2.05) is 12.3 Å². The summed E-state index contributed by atoms with van der Waals surface area (Å²) in [6.45, 7) is 2.13. The first-order chi connectivity index (χ1) is 6.95. The molecule has 3 heteroatoms. The lowest BCUT2D eigenvalue weighted by Crippen LogP contribution is -2.26. The van der Waals surface area contributed by atoms with E-state index in [1.165, 1.54) is 30.7 Å². The molecule has 1 atom stereocenters. The largest absolute Gasteiger partial charge is 0.364 e. The molecule has 0 bridgehead atoms. The van der Waals surface area contributed by atoms with E-state index in [4.69, 9.17) is 0 Å². The van der Waals surface area contributed by atoms with E-state index < -0.39 is 0 Å². The summed E-state index contributed by atoms with van der Waals surface area (Å²) < 4.78 is 0. The van der Waals surface area contributed by atoms with Crippen LogP contribution in [0.1, 0.15) is 25.0 Å². The Kier molecular flexibility index (Phi) is 3.95. The quantitative estimate of drug-likeness (QED) is 0.798. The zero-order chi connectivity index (χ0) is 9.64. The van der Waals surface area contributed by atoms with Crippen LogP contribution in [0.3, 0.4) is 0 Å². The average Bonchev–Trinajstić information content (AvgIpc) is 2.72. The number of aromatic nitrogens is 1. The van der Waals surface area contributed by atoms with Crippen LogP contribution in [0.15, 0.2) is 18.3 Å². The second-order valence-electron chi connectivity index (χ2n) is 3.81. The van der Waals surface area contributed by atoms with Gasteiger partial charge in [0.15, 0.2) is 0 Å². The van der Waals surface area contributed by atoms with Crippen molar-refractivity contribution in [3.8, 4) is 0 Å². The lowest BCUT2D eigenvalue weighted by molar-refractivity contribution is 0.594. The molecule has 0 amide bonds. The van der Waals surface area contributed by atoms with Gasteiger partial charge in [-0.15, -0.1) is 0 Å². The summed E-state index contributed by atoms with van der Waals surface area (Å²) in [6, 6.07) is 4.17. The molecule has 1 aliphatic rings. The van der Waals surface area contributed by atoms with Crippen LogP contribution in [0.4, 0.5) is 0 Å². The SMILES string of the molecule is c1c[nH]c(CNCC2CCCCS2)c1. The van der Waals surface area contributed by atoms with E-state index in [0.29, 0.717) is 0 Å². The molecule has 1 aromatic rings. The molecule has 0 saturated carbocycles. The minimum absolute atomic E-state index is 0.846. The van der Waals surface area contributed by atoms with Gasteiger partial charge in [0.05, 0.1) is 0 Å². The molecule has 0 spiro atoms. The smallest absolute Gasteiger partial charge is 0.0357 e. The van der Waals surface area contributed by atoms with E-state index >= 15 is 0 Å². The fraction of sp³-hybridized carbons (Fsp3) is 0.636. The molecular formula is C11H18N2S. The highest BCUT2D eigenvalue weighted by molar-refractivity contribution is 7.99. The minimum atomic E-state index is 0.846. The number of thioether (sulfide) groups is 1. The van der Waals surface area contributed by atoms with Gasteiger partial charge in [-0.2, -0.15) is 11.8 Å². The Morgan fingerprint density at radius 3 is 3.21 bits per heavy atom. The summed E-state index contributed by atoms with van der Waals surface area (Å²) in [5, 5.41) is 4.35. The van der Waals surface area contributed by atoms with Crippen molar-refractivity contribution in [3.63, 3.8) is 0 Å². The Bertz CT molecular complexity index is 240. The standard InChI is InChI=1S/C11H18N2S/c1-2-7-14-11(5-1)9-12-8-10-4-3-6-13-10/h3-4,6,11-13H,1-2,5,7-9H2. The van der Waals surface area contributed by atoms with E-state index in [2.05, 4.69) is 28.1 Å². The van der Waals surface area contributed by atoms with Crippen molar-refractivity contribution in [2.75, 3.05) is 12.3 Å². The number of aromatic amines is 1. The van der Waals surface area contributed by atoms with Crippen LogP contribution >= 0.6 is 11.8 Å². The third kappa shape index (κ3) is 3.07. The van der Waals surface area contributed by atoms with Crippen molar-refractivity contribution < 1.29 is 0 Å². The molecule has 0 aliphatic carbocycles. The number of hydrogen-bond donors (Lipinski definition) is 2. The van der Waals surface area contributed by atoms with Crippen LogP contribution in [-0.4, -0.2) is 22.5 Å². The van der Waals surface area contributed by atoms with Gasteiger partial charge >= 0.3 is 0 Å². The molecule has 2 nitrogen and oxygen atoms in total. The predicted molar refractivity (Wildman–Crippen MR) is 62.6 cm³/mol. The zero-order valence-corrected chi connectivity index (χ0v) is 9.28. The first-order valence-corrected chi connectivity index (χ1v) is 6.44. The summed E-state index contributed by atoms with van der Waals surface area (Å²) in [4.78, 5) is 3.21. The maximum Gasteiger partial charge on any atom is 0.0357 e. The van der Waals surface area contributed by atoms with E-state index in [9.17, 15) is 0 Å². The summed E-state index contributed by atoms with van der Waals surface area (Å²) in [5.74, 6) is 1.36. The molecule has 2 heterocycles. The van der Waals surface area contributed by atoms with E-state index in [1.54, 1.807) is 0 Å². The Morgan fingerprint density at radius 1 is 1.50 bits per heavy atom. The first kappa shape index (κ1) is 10.1. The molecule has 1 unspecified atom stereocenters. The summed E-state index contributed by atoms with van der Waals surface area (Å²) in [7, 11) is 0. The lowest BCUT2D eigenvalue weighted by atomic mass is 10.2. The fourth-order valence-electron chi connectivity index (χ4n) is 1.81. The van der Waals surface area contributed by atoms with Gasteiger partial charge in [0, 0.05) is 30.2 Å². The summed E-state index contributed by atoms with van der Waals surface area (Å²) in [6.07, 6.45) is 6.20. The molecule has 0 radical (unpaired) electrons. The number of hydrogen-bond acceptors (Lipinski definition) is 2. The Labute approximate surface area is 89.9 Å². The monoisotopic (exact) mass is 210 g/mol. The molecule has 2 rings (SSSR count). The molecule has 14 heavy (non-hydrogen) atoms. The van der Waals surface area contributed by atoms with Crippen molar-refractivity contribution >= 4 is 11.8 Å². The van der Waals surface area contributed by atoms with Gasteiger partial charge < -0.3 is 10.3 Å². The Morgan fingerprint density at radius 2 is 2.50 bits per heavy atom. The van der Waals surface area contributed by atoms with Gasteiger partial charge in [-0.3, -0.25) is 0 Å². The van der Waals surface area contributed by atoms with Crippen LogP contribution in [0, 0.1) is 0 Å². The van der Waals surface area contributed by atoms with Gasteiger partial charge in [0.1, 0.15) is 0 Å². The number of rotatable bonds is 4. The van der Waals surface area contributed by atoms with Crippen molar-refractivity contribution in [3.05, 3.63) is 24.0 Å². The Hall–Kier alpha value is -0.410. The average molecular weight is 210 g/mol. The molecule has 1 fully saturated rings. The fourth-order valence-corrected chi connectivity index (χ4v) is 3.09. The predicted octanol–water partition coefficient (Wildman–Crippen LogP) is 2.39. The molecule has 1 aromatic heterocycles. The van der Waals surface area contributed by atoms with Crippen molar-refractivity contribution in [1.82, 2.24) is 10.3 Å². The van der Waals surface area contributed by atoms with Crippen molar-refractivity contribution in [2.24, 2.45) is 0 Å². The normalized spacial score (nSPS) is 22.4. The molecule has 1 aliphatic heterocycles. The molecule has 0 aromatic carbocycles. The third-order valence-electron chi connectivity index (χ3n) is 2.62. The van der Waals surface area contributed by atoms with Crippen LogP contribution in [0.5, 0.6) is 0 Å². The van der Waals surface area contributed by atoms with Gasteiger partial charge in [-0.05, 0) is 30.7 Å². The highest BCUT2D eigenvalue weighted by Gasteiger charge is 2.12. The van der Waals surface area contributed by atoms with E-state index in [0.717, 1.165) is 18.3 Å². The van der Waals surface area contributed by atoms with Crippen LogP contribution < -0.4 is 5.32 Å². The molecule has 78 valence electrons. The zero-order valence-electron chi connectivity index (χ0n) is 8.46. The highest BCUT2D eigenvalue weighted by atomic mass is 32.2. The van der Waals surface area contributed by atoms with Crippen LogP contribution in [0.2, 0.25) is 0 Å². The van der Waals surface area contributed by atoms with Crippen LogP contribution in [0.25, 0.3) is 0 Å². The second kappa shape index (κ2) is 5.47. The molecule has 1 saturated heterocycles. The third-order valence-corrected chi connectivity index (χ3v) is 4.02. The minimum Gasteiger partial charge on any atom is -0.364 e. The number of nitrogens with one attached hydrogen (secondary N) is 2. The maximum atomic E-state index is 3.51.